The first kappa shape index (κ1) is 18.8. The van der Waals surface area contributed by atoms with Crippen LogP contribution in [0.2, 0.25) is 0 Å². The summed E-state index contributed by atoms with van der Waals surface area (Å²) >= 11 is 0. The first-order valence-corrected chi connectivity index (χ1v) is 10.4. The number of aromatic amines is 1. The number of benzene rings is 1. The van der Waals surface area contributed by atoms with Gasteiger partial charge >= 0.3 is 0 Å². The molecule has 1 N–H and O–H groups in total. The lowest BCUT2D eigenvalue weighted by Crippen LogP contribution is -2.05. The third-order valence-corrected chi connectivity index (χ3v) is 5.92. The Morgan fingerprint density at radius 1 is 1.14 bits per heavy atom. The van der Waals surface area contributed by atoms with E-state index in [0.29, 0.717) is 45.9 Å². The highest BCUT2D eigenvalue weighted by atomic mass is 32.2. The molecule has 3 heterocycles. The Morgan fingerprint density at radius 3 is 2.66 bits per heavy atom. The van der Waals surface area contributed by atoms with Gasteiger partial charge < -0.3 is 9.72 Å². The molecule has 0 aliphatic carbocycles. The van der Waals surface area contributed by atoms with Crippen molar-refractivity contribution >= 4 is 27.2 Å². The number of pyridine rings is 2. The number of nitrogens with zero attached hydrogens (tertiary/aromatic N) is 3. The first-order valence-electron chi connectivity index (χ1n) is 8.77. The van der Waals surface area contributed by atoms with E-state index in [9.17, 15) is 13.2 Å². The molecule has 0 atom stereocenters. The zero-order valence-electron chi connectivity index (χ0n) is 15.4. The number of carbonyl (C=O) groups excluding carboxylic acids is 1. The van der Waals surface area contributed by atoms with Crippen LogP contribution < -0.4 is 4.74 Å². The number of sulfone groups is 1. The van der Waals surface area contributed by atoms with Gasteiger partial charge in [-0.05, 0) is 30.3 Å². The van der Waals surface area contributed by atoms with Gasteiger partial charge in [-0.15, -0.1) is 0 Å². The van der Waals surface area contributed by atoms with Gasteiger partial charge in [0, 0.05) is 12.3 Å². The predicted octanol–water partition coefficient (Wildman–Crippen LogP) is 3.42. The number of fused-ring (bicyclic) bond motifs is 1. The van der Waals surface area contributed by atoms with E-state index in [1.165, 1.54) is 18.3 Å². The van der Waals surface area contributed by atoms with Crippen molar-refractivity contribution in [1.82, 2.24) is 19.9 Å². The molecule has 1 aromatic carbocycles. The van der Waals surface area contributed by atoms with E-state index in [1.54, 1.807) is 25.3 Å². The van der Waals surface area contributed by atoms with Crippen molar-refractivity contribution in [2.45, 2.75) is 11.9 Å². The molecule has 0 amide bonds. The molecule has 4 rings (SSSR count). The van der Waals surface area contributed by atoms with E-state index in [4.69, 9.17) is 4.74 Å². The maximum atomic E-state index is 11.9. The number of imidazole rings is 1. The van der Waals surface area contributed by atoms with Crippen LogP contribution in [0.1, 0.15) is 17.3 Å². The fraction of sp³-hybridized carbons (Fsp3) is 0.100. The molecule has 9 heteroatoms. The maximum absolute atomic E-state index is 11.9. The van der Waals surface area contributed by atoms with E-state index in [1.807, 2.05) is 18.2 Å². The number of rotatable bonds is 6. The highest BCUT2D eigenvalue weighted by Gasteiger charge is 2.15. The Labute approximate surface area is 166 Å². The summed E-state index contributed by atoms with van der Waals surface area (Å²) in [5.41, 5.74) is 2.27. The predicted molar refractivity (Wildman–Crippen MR) is 107 cm³/mol. The van der Waals surface area contributed by atoms with Gasteiger partial charge in [0.25, 0.3) is 0 Å². The van der Waals surface area contributed by atoms with Crippen LogP contribution >= 0.6 is 0 Å². The number of nitrogens with one attached hydrogen (secondary N) is 1. The second kappa shape index (κ2) is 7.44. The second-order valence-corrected chi connectivity index (χ2v) is 8.39. The summed E-state index contributed by atoms with van der Waals surface area (Å²) in [5, 5.41) is -0.0225. The van der Waals surface area contributed by atoms with E-state index >= 15 is 0 Å². The van der Waals surface area contributed by atoms with Crippen LogP contribution in [0.4, 0.5) is 0 Å². The molecule has 0 aliphatic rings. The summed E-state index contributed by atoms with van der Waals surface area (Å²) in [6, 6.07) is 11.6. The lowest BCUT2D eigenvalue weighted by Gasteiger charge is -2.08. The van der Waals surface area contributed by atoms with Crippen LogP contribution in [0.15, 0.2) is 59.9 Å². The number of aromatic nitrogens is 4. The van der Waals surface area contributed by atoms with Crippen molar-refractivity contribution in [3.05, 3.63) is 60.4 Å². The smallest absolute Gasteiger partial charge is 0.195 e. The van der Waals surface area contributed by atoms with Gasteiger partial charge in [0.1, 0.15) is 17.2 Å². The number of H-pyrrole nitrogens is 1. The van der Waals surface area contributed by atoms with E-state index < -0.39 is 9.84 Å². The molecule has 0 unspecified atom stereocenters. The molecular formula is C20H16N4O4S. The Hall–Kier alpha value is -3.59. The number of hydrogen-bond acceptors (Lipinski definition) is 7. The number of hydrogen-bond donors (Lipinski definition) is 1. The maximum Gasteiger partial charge on any atom is 0.195 e. The molecule has 29 heavy (non-hydrogen) atoms. The fourth-order valence-corrected chi connectivity index (χ4v) is 3.53. The van der Waals surface area contributed by atoms with Crippen LogP contribution in [0.5, 0.6) is 11.5 Å². The van der Waals surface area contributed by atoms with Crippen molar-refractivity contribution in [1.29, 1.82) is 0 Å². The molecule has 8 nitrogen and oxygen atoms in total. The molecule has 4 aromatic rings. The Kier molecular flexibility index (Phi) is 4.81. The summed E-state index contributed by atoms with van der Waals surface area (Å²) < 4.78 is 29.5. The highest BCUT2D eigenvalue weighted by Crippen LogP contribution is 2.30. The fourth-order valence-electron chi connectivity index (χ4n) is 2.74. The molecular weight excluding hydrogens is 392 g/mol. The monoisotopic (exact) mass is 408 g/mol. The summed E-state index contributed by atoms with van der Waals surface area (Å²) in [6.07, 6.45) is 3.66. The Bertz CT molecular complexity index is 1280. The van der Waals surface area contributed by atoms with Crippen LogP contribution in [0, 0.1) is 0 Å². The van der Waals surface area contributed by atoms with Gasteiger partial charge in [-0.2, -0.15) is 0 Å². The minimum absolute atomic E-state index is 0.0225. The zero-order valence-corrected chi connectivity index (χ0v) is 16.2. The number of ether oxygens (including phenoxy) is 1. The molecule has 3 aromatic heterocycles. The summed E-state index contributed by atoms with van der Waals surface area (Å²) in [5.74, 6) is 1.14. The van der Waals surface area contributed by atoms with Gasteiger partial charge in [-0.1, -0.05) is 13.0 Å². The van der Waals surface area contributed by atoms with Gasteiger partial charge in [-0.3, -0.25) is 9.78 Å². The van der Waals surface area contributed by atoms with Crippen molar-refractivity contribution in [2.75, 3.05) is 5.75 Å². The molecule has 0 spiro atoms. The quantitative estimate of drug-likeness (QED) is 0.486. The summed E-state index contributed by atoms with van der Waals surface area (Å²) in [6.45, 7) is 1.55. The van der Waals surface area contributed by atoms with Crippen molar-refractivity contribution in [2.24, 2.45) is 0 Å². The van der Waals surface area contributed by atoms with Crippen LogP contribution in [0.25, 0.3) is 22.6 Å². The number of aldehydes is 1. The SMILES string of the molecule is CCS(=O)(=O)c1ccc(Oc2cc3nc(-c4ccccn4)[nH]c3cc2C=O)cn1. The highest BCUT2D eigenvalue weighted by molar-refractivity contribution is 7.91. The van der Waals surface area contributed by atoms with Crippen LogP contribution in [-0.4, -0.2) is 40.4 Å². The van der Waals surface area contributed by atoms with Crippen LogP contribution in [-0.2, 0) is 9.84 Å². The van der Waals surface area contributed by atoms with Gasteiger partial charge in [0.15, 0.2) is 27.0 Å². The Balaban J connectivity index is 1.69. The van der Waals surface area contributed by atoms with Gasteiger partial charge in [0.05, 0.1) is 28.5 Å². The third kappa shape index (κ3) is 3.72. The second-order valence-electron chi connectivity index (χ2n) is 6.16. The normalized spacial score (nSPS) is 11.5. The molecule has 0 saturated carbocycles. The molecule has 0 aliphatic heterocycles. The van der Waals surface area contributed by atoms with Crippen molar-refractivity contribution in [3.63, 3.8) is 0 Å². The summed E-state index contributed by atoms with van der Waals surface area (Å²) in [7, 11) is -3.40. The van der Waals surface area contributed by atoms with Crippen molar-refractivity contribution < 1.29 is 17.9 Å². The lowest BCUT2D eigenvalue weighted by molar-refractivity contribution is 0.112. The van der Waals surface area contributed by atoms with E-state index in [2.05, 4.69) is 19.9 Å². The number of carbonyl (C=O) groups is 1. The topological polar surface area (TPSA) is 115 Å². The third-order valence-electron chi connectivity index (χ3n) is 4.28. The average molecular weight is 408 g/mol. The first-order chi connectivity index (χ1) is 14.0. The molecule has 146 valence electrons. The minimum atomic E-state index is -3.40. The van der Waals surface area contributed by atoms with Crippen molar-refractivity contribution in [3.8, 4) is 23.0 Å². The minimum Gasteiger partial charge on any atom is -0.455 e. The molecule has 0 fully saturated rings. The molecule has 0 saturated heterocycles. The zero-order chi connectivity index (χ0) is 20.4. The van der Waals surface area contributed by atoms with E-state index in [0.717, 1.165) is 0 Å². The summed E-state index contributed by atoms with van der Waals surface area (Å²) in [4.78, 5) is 27.4. The van der Waals surface area contributed by atoms with Gasteiger partial charge in [0.2, 0.25) is 0 Å². The standard InChI is InChI=1S/C20H16N4O4S/c1-2-29(26,27)19-7-6-14(11-22-19)28-18-10-17-16(9-13(18)12-25)23-20(24-17)15-5-3-4-8-21-15/h3-12H,2H2,1H3,(H,23,24). The molecule has 0 bridgehead atoms. The van der Waals surface area contributed by atoms with E-state index in [-0.39, 0.29) is 10.8 Å². The largest absolute Gasteiger partial charge is 0.455 e. The van der Waals surface area contributed by atoms with Crippen LogP contribution in [0.3, 0.4) is 0 Å². The Morgan fingerprint density at radius 2 is 2.00 bits per heavy atom. The molecule has 0 radical (unpaired) electrons. The average Bonchev–Trinajstić information content (AvgIpc) is 3.17. The van der Waals surface area contributed by atoms with Gasteiger partial charge in [-0.25, -0.2) is 18.4 Å². The lowest BCUT2D eigenvalue weighted by atomic mass is 10.2.